The number of carbonyl (C=O) groups excluding carboxylic acids is 1. The maximum Gasteiger partial charge on any atom is 0.339 e. The molecule has 0 bridgehead atoms. The molecule has 0 aliphatic carbocycles. The van der Waals surface area contributed by atoms with E-state index in [2.05, 4.69) is 5.32 Å². The zero-order chi connectivity index (χ0) is 15.1. The molecule has 0 aliphatic rings. The molecule has 2 N–H and O–H groups in total. The molecular formula is C14H18FNO4. The summed E-state index contributed by atoms with van der Waals surface area (Å²) in [5, 5.41) is 11.6. The lowest BCUT2D eigenvalue weighted by Gasteiger charge is -2.10. The van der Waals surface area contributed by atoms with Crippen molar-refractivity contribution in [2.24, 2.45) is 5.92 Å². The average Bonchev–Trinajstić information content (AvgIpc) is 2.36. The first-order valence-corrected chi connectivity index (χ1v) is 6.32. The first-order valence-electron chi connectivity index (χ1n) is 6.32. The predicted molar refractivity (Wildman–Crippen MR) is 71.3 cm³/mol. The highest BCUT2D eigenvalue weighted by Gasteiger charge is 2.13. The molecule has 0 radical (unpaired) electrons. The van der Waals surface area contributed by atoms with Crippen LogP contribution in [0, 0.1) is 11.7 Å². The van der Waals surface area contributed by atoms with Crippen molar-refractivity contribution in [2.45, 2.75) is 20.3 Å². The van der Waals surface area contributed by atoms with Crippen LogP contribution in [-0.2, 0) is 4.79 Å². The van der Waals surface area contributed by atoms with Gasteiger partial charge in [0.25, 0.3) is 5.91 Å². The molecule has 5 nitrogen and oxygen atoms in total. The summed E-state index contributed by atoms with van der Waals surface area (Å²) in [4.78, 5) is 22.4. The van der Waals surface area contributed by atoms with Crippen molar-refractivity contribution in [2.75, 3.05) is 13.2 Å². The SMILES string of the molecule is CC(C)CCNC(=O)COc1ccc(F)cc1C(=O)O. The molecule has 1 rings (SSSR count). The Morgan fingerprint density at radius 3 is 2.70 bits per heavy atom. The molecule has 0 aliphatic heterocycles. The van der Waals surface area contributed by atoms with Crippen LogP contribution in [0.2, 0.25) is 0 Å². The van der Waals surface area contributed by atoms with Crippen molar-refractivity contribution >= 4 is 11.9 Å². The Hall–Kier alpha value is -2.11. The zero-order valence-corrected chi connectivity index (χ0v) is 11.5. The van der Waals surface area contributed by atoms with Gasteiger partial charge < -0.3 is 15.2 Å². The normalized spacial score (nSPS) is 10.4. The van der Waals surface area contributed by atoms with E-state index >= 15 is 0 Å². The van der Waals surface area contributed by atoms with E-state index in [1.807, 2.05) is 13.8 Å². The predicted octanol–water partition coefficient (Wildman–Crippen LogP) is 2.06. The molecule has 0 unspecified atom stereocenters. The van der Waals surface area contributed by atoms with Gasteiger partial charge in [-0.05, 0) is 30.5 Å². The van der Waals surface area contributed by atoms with Crippen molar-refractivity contribution < 1.29 is 23.8 Å². The molecule has 110 valence electrons. The second kappa shape index (κ2) is 7.47. The molecular weight excluding hydrogens is 265 g/mol. The minimum Gasteiger partial charge on any atom is -0.483 e. The van der Waals surface area contributed by atoms with E-state index in [1.165, 1.54) is 6.07 Å². The first-order chi connectivity index (χ1) is 9.40. The van der Waals surface area contributed by atoms with Gasteiger partial charge in [-0.3, -0.25) is 4.79 Å². The number of halogens is 1. The summed E-state index contributed by atoms with van der Waals surface area (Å²) in [6.45, 7) is 4.32. The van der Waals surface area contributed by atoms with Crippen molar-refractivity contribution in [1.29, 1.82) is 0 Å². The fourth-order valence-electron chi connectivity index (χ4n) is 1.49. The van der Waals surface area contributed by atoms with Crippen molar-refractivity contribution in [3.63, 3.8) is 0 Å². The van der Waals surface area contributed by atoms with Crippen LogP contribution in [0.3, 0.4) is 0 Å². The number of hydrogen-bond acceptors (Lipinski definition) is 3. The number of hydrogen-bond donors (Lipinski definition) is 2. The third kappa shape index (κ3) is 5.26. The summed E-state index contributed by atoms with van der Waals surface area (Å²) >= 11 is 0. The number of carboxylic acid groups (broad SMARTS) is 1. The van der Waals surface area contributed by atoms with E-state index < -0.39 is 11.8 Å². The highest BCUT2D eigenvalue weighted by atomic mass is 19.1. The maximum absolute atomic E-state index is 13.0. The van der Waals surface area contributed by atoms with Gasteiger partial charge in [0.15, 0.2) is 6.61 Å². The molecule has 20 heavy (non-hydrogen) atoms. The standard InChI is InChI=1S/C14H18FNO4/c1-9(2)5-6-16-13(17)8-20-12-4-3-10(15)7-11(12)14(18)19/h3-4,7,9H,5-6,8H2,1-2H3,(H,16,17)(H,18,19). The first kappa shape index (κ1) is 15.9. The number of amides is 1. The van der Waals surface area contributed by atoms with Gasteiger partial charge in [-0.15, -0.1) is 0 Å². The number of benzene rings is 1. The molecule has 1 aromatic rings. The second-order valence-corrected chi connectivity index (χ2v) is 4.77. The summed E-state index contributed by atoms with van der Waals surface area (Å²) < 4.78 is 18.1. The Morgan fingerprint density at radius 1 is 1.40 bits per heavy atom. The molecule has 1 aromatic carbocycles. The van der Waals surface area contributed by atoms with E-state index in [0.29, 0.717) is 12.5 Å². The molecule has 0 fully saturated rings. The number of aromatic carboxylic acids is 1. The van der Waals surface area contributed by atoms with Gasteiger partial charge in [0.05, 0.1) is 0 Å². The lowest BCUT2D eigenvalue weighted by molar-refractivity contribution is -0.123. The van der Waals surface area contributed by atoms with Crippen molar-refractivity contribution in [3.8, 4) is 5.75 Å². The molecule has 0 aromatic heterocycles. The van der Waals surface area contributed by atoms with Crippen LogP contribution in [0.1, 0.15) is 30.6 Å². The Labute approximate surface area is 116 Å². The van der Waals surface area contributed by atoms with Crippen molar-refractivity contribution in [3.05, 3.63) is 29.6 Å². The Balaban J connectivity index is 2.53. The van der Waals surface area contributed by atoms with Gasteiger partial charge >= 0.3 is 5.97 Å². The minimum atomic E-state index is -1.31. The number of rotatable bonds is 7. The van der Waals surface area contributed by atoms with E-state index in [4.69, 9.17) is 9.84 Å². The van der Waals surface area contributed by atoms with Gasteiger partial charge in [0.1, 0.15) is 17.1 Å². The van der Waals surface area contributed by atoms with Crippen LogP contribution < -0.4 is 10.1 Å². The summed E-state index contributed by atoms with van der Waals surface area (Å²) in [5.74, 6) is -1.87. The van der Waals surface area contributed by atoms with E-state index in [1.54, 1.807) is 0 Å². The zero-order valence-electron chi connectivity index (χ0n) is 11.5. The molecule has 0 saturated heterocycles. The Morgan fingerprint density at radius 2 is 2.10 bits per heavy atom. The molecule has 1 amide bonds. The smallest absolute Gasteiger partial charge is 0.339 e. The lowest BCUT2D eigenvalue weighted by Crippen LogP contribution is -2.30. The Kier molecular flexibility index (Phi) is 5.96. The van der Waals surface area contributed by atoms with Gasteiger partial charge in [-0.25, -0.2) is 9.18 Å². The van der Waals surface area contributed by atoms with Crippen LogP contribution in [0.5, 0.6) is 5.75 Å². The third-order valence-electron chi connectivity index (χ3n) is 2.57. The van der Waals surface area contributed by atoms with Crippen LogP contribution in [0.15, 0.2) is 18.2 Å². The quantitative estimate of drug-likeness (QED) is 0.803. The van der Waals surface area contributed by atoms with E-state index in [-0.39, 0.29) is 23.8 Å². The number of carbonyl (C=O) groups is 2. The average molecular weight is 283 g/mol. The van der Waals surface area contributed by atoms with Crippen LogP contribution in [-0.4, -0.2) is 30.1 Å². The van der Waals surface area contributed by atoms with Gasteiger partial charge in [-0.1, -0.05) is 13.8 Å². The molecule has 0 spiro atoms. The number of carboxylic acids is 1. The van der Waals surface area contributed by atoms with Crippen LogP contribution >= 0.6 is 0 Å². The third-order valence-corrected chi connectivity index (χ3v) is 2.57. The number of nitrogens with one attached hydrogen (secondary N) is 1. The minimum absolute atomic E-state index is 0.0297. The Bertz CT molecular complexity index is 488. The maximum atomic E-state index is 13.0. The summed E-state index contributed by atoms with van der Waals surface area (Å²) in [7, 11) is 0. The summed E-state index contributed by atoms with van der Waals surface area (Å²) in [6.07, 6.45) is 0.850. The molecule has 0 atom stereocenters. The van der Waals surface area contributed by atoms with Crippen LogP contribution in [0.4, 0.5) is 4.39 Å². The van der Waals surface area contributed by atoms with E-state index in [9.17, 15) is 14.0 Å². The monoisotopic (exact) mass is 283 g/mol. The fourth-order valence-corrected chi connectivity index (χ4v) is 1.49. The number of ether oxygens (including phenoxy) is 1. The second-order valence-electron chi connectivity index (χ2n) is 4.77. The van der Waals surface area contributed by atoms with Gasteiger partial charge in [0.2, 0.25) is 0 Å². The van der Waals surface area contributed by atoms with Gasteiger partial charge in [0, 0.05) is 6.54 Å². The highest BCUT2D eigenvalue weighted by molar-refractivity contribution is 5.91. The largest absolute Gasteiger partial charge is 0.483 e. The highest BCUT2D eigenvalue weighted by Crippen LogP contribution is 2.19. The van der Waals surface area contributed by atoms with E-state index in [0.717, 1.165) is 18.6 Å². The summed E-state index contributed by atoms with van der Waals surface area (Å²) in [5.41, 5.74) is -0.306. The van der Waals surface area contributed by atoms with Gasteiger partial charge in [-0.2, -0.15) is 0 Å². The fraction of sp³-hybridized carbons (Fsp3) is 0.429. The topological polar surface area (TPSA) is 75.6 Å². The molecule has 0 heterocycles. The molecule has 6 heteroatoms. The summed E-state index contributed by atoms with van der Waals surface area (Å²) in [6, 6.07) is 3.13. The van der Waals surface area contributed by atoms with Crippen LogP contribution in [0.25, 0.3) is 0 Å². The van der Waals surface area contributed by atoms with Crippen molar-refractivity contribution in [1.82, 2.24) is 5.32 Å². The molecule has 0 saturated carbocycles. The lowest BCUT2D eigenvalue weighted by atomic mass is 10.1.